The van der Waals surface area contributed by atoms with Crippen molar-refractivity contribution in [2.75, 3.05) is 13.7 Å². The minimum Gasteiger partial charge on any atom is -0.483 e. The maximum absolute atomic E-state index is 12.7. The van der Waals surface area contributed by atoms with E-state index >= 15 is 0 Å². The lowest BCUT2D eigenvalue weighted by Crippen LogP contribution is -2.25. The van der Waals surface area contributed by atoms with Gasteiger partial charge in [0.1, 0.15) is 5.75 Å². The van der Waals surface area contributed by atoms with Crippen molar-refractivity contribution >= 4 is 28.5 Å². The summed E-state index contributed by atoms with van der Waals surface area (Å²) in [5, 5.41) is 2.98. The molecule has 0 unspecified atom stereocenters. The van der Waals surface area contributed by atoms with Crippen molar-refractivity contribution in [1.82, 2.24) is 9.88 Å². The molecule has 2 aromatic carbocycles. The molecule has 3 N–H and O–H groups in total. The summed E-state index contributed by atoms with van der Waals surface area (Å²) in [7, 11) is 1.51. The van der Waals surface area contributed by atoms with Crippen molar-refractivity contribution in [1.29, 1.82) is 0 Å². The van der Waals surface area contributed by atoms with Crippen molar-refractivity contribution in [3.63, 3.8) is 0 Å². The maximum atomic E-state index is 12.7. The van der Waals surface area contributed by atoms with Crippen LogP contribution < -0.4 is 15.8 Å². The lowest BCUT2D eigenvalue weighted by atomic mass is 10.0. The van der Waals surface area contributed by atoms with Crippen LogP contribution in [-0.4, -0.2) is 35.8 Å². The van der Waals surface area contributed by atoms with E-state index in [9.17, 15) is 14.4 Å². The normalized spacial score (nSPS) is 10.7. The SMILES string of the molecule is CCc1c(C(=O)C(N)=O)c2c(OCC(=O)NC)cccc2n1Cc1ccccc1. The molecule has 0 bridgehead atoms. The number of hydrogen-bond donors (Lipinski definition) is 2. The number of rotatable bonds is 8. The zero-order valence-corrected chi connectivity index (χ0v) is 16.4. The molecule has 0 spiro atoms. The van der Waals surface area contributed by atoms with E-state index < -0.39 is 11.7 Å². The summed E-state index contributed by atoms with van der Waals surface area (Å²) >= 11 is 0. The molecule has 3 rings (SSSR count). The van der Waals surface area contributed by atoms with Crippen LogP contribution in [0.1, 0.15) is 28.5 Å². The van der Waals surface area contributed by atoms with E-state index in [1.807, 2.05) is 47.9 Å². The second-order valence-corrected chi connectivity index (χ2v) is 6.55. The number of aromatic nitrogens is 1. The molecular formula is C22H23N3O4. The predicted molar refractivity (Wildman–Crippen MR) is 110 cm³/mol. The van der Waals surface area contributed by atoms with Crippen molar-refractivity contribution in [2.45, 2.75) is 19.9 Å². The first-order valence-corrected chi connectivity index (χ1v) is 9.33. The summed E-state index contributed by atoms with van der Waals surface area (Å²) in [6.45, 7) is 2.23. The Kier molecular flexibility index (Phi) is 5.97. The van der Waals surface area contributed by atoms with Gasteiger partial charge in [-0.1, -0.05) is 43.3 Å². The van der Waals surface area contributed by atoms with Gasteiger partial charge >= 0.3 is 0 Å². The molecule has 1 heterocycles. The Morgan fingerprint density at radius 1 is 1.07 bits per heavy atom. The van der Waals surface area contributed by atoms with E-state index in [1.54, 1.807) is 12.1 Å². The summed E-state index contributed by atoms with van der Waals surface area (Å²) in [6, 6.07) is 15.1. The Balaban J connectivity index is 2.23. The van der Waals surface area contributed by atoms with E-state index in [0.29, 0.717) is 29.8 Å². The van der Waals surface area contributed by atoms with Crippen molar-refractivity contribution in [2.24, 2.45) is 5.73 Å². The van der Waals surface area contributed by atoms with E-state index in [2.05, 4.69) is 5.32 Å². The minimum absolute atomic E-state index is 0.203. The second kappa shape index (κ2) is 8.60. The van der Waals surface area contributed by atoms with Gasteiger partial charge in [-0.2, -0.15) is 0 Å². The topological polar surface area (TPSA) is 103 Å². The summed E-state index contributed by atoms with van der Waals surface area (Å²) < 4.78 is 7.67. The summed E-state index contributed by atoms with van der Waals surface area (Å²) in [5.41, 5.74) is 8.06. The number of nitrogens with zero attached hydrogens (tertiary/aromatic N) is 1. The van der Waals surface area contributed by atoms with Crippen LogP contribution in [0.25, 0.3) is 10.9 Å². The van der Waals surface area contributed by atoms with Gasteiger partial charge in [0.2, 0.25) is 0 Å². The quantitative estimate of drug-likeness (QED) is 0.451. The first kappa shape index (κ1) is 20.1. The molecule has 29 heavy (non-hydrogen) atoms. The lowest BCUT2D eigenvalue weighted by molar-refractivity contribution is -0.122. The number of hydrogen-bond acceptors (Lipinski definition) is 4. The highest BCUT2D eigenvalue weighted by molar-refractivity contribution is 6.45. The van der Waals surface area contributed by atoms with Crippen molar-refractivity contribution in [3.05, 3.63) is 65.4 Å². The van der Waals surface area contributed by atoms with Gasteiger partial charge in [0.05, 0.1) is 16.5 Å². The number of Topliss-reactive ketones (excluding diaryl/α,β-unsaturated/α-hetero) is 1. The minimum atomic E-state index is -1.03. The number of nitrogens with two attached hydrogens (primary N) is 1. The molecule has 0 saturated heterocycles. The lowest BCUT2D eigenvalue weighted by Gasteiger charge is -2.11. The van der Waals surface area contributed by atoms with Gasteiger partial charge in [-0.15, -0.1) is 0 Å². The summed E-state index contributed by atoms with van der Waals surface area (Å²) in [6.07, 6.45) is 0.519. The number of amides is 2. The van der Waals surface area contributed by atoms with E-state index in [1.165, 1.54) is 7.05 Å². The molecule has 0 radical (unpaired) electrons. The zero-order valence-electron chi connectivity index (χ0n) is 16.4. The predicted octanol–water partition coefficient (Wildman–Crippen LogP) is 2.04. The Labute approximate surface area is 168 Å². The Bertz CT molecular complexity index is 1070. The van der Waals surface area contributed by atoms with E-state index in [0.717, 1.165) is 11.1 Å². The van der Waals surface area contributed by atoms with Crippen LogP contribution in [-0.2, 0) is 22.6 Å². The number of carbonyl (C=O) groups is 3. The average molecular weight is 393 g/mol. The second-order valence-electron chi connectivity index (χ2n) is 6.55. The number of fused-ring (bicyclic) bond motifs is 1. The zero-order chi connectivity index (χ0) is 21.0. The highest BCUT2D eigenvalue weighted by Crippen LogP contribution is 2.35. The largest absolute Gasteiger partial charge is 0.483 e. The smallest absolute Gasteiger partial charge is 0.289 e. The molecule has 2 amide bonds. The Morgan fingerprint density at radius 3 is 2.41 bits per heavy atom. The van der Waals surface area contributed by atoms with Crippen molar-refractivity contribution in [3.8, 4) is 5.75 Å². The highest BCUT2D eigenvalue weighted by Gasteiger charge is 2.27. The maximum Gasteiger partial charge on any atom is 0.289 e. The van der Waals surface area contributed by atoms with Crippen molar-refractivity contribution < 1.29 is 19.1 Å². The summed E-state index contributed by atoms with van der Waals surface area (Å²) in [4.78, 5) is 36.1. The number of primary amides is 1. The molecule has 0 aliphatic heterocycles. The fourth-order valence-electron chi connectivity index (χ4n) is 3.44. The number of nitrogens with one attached hydrogen (secondary N) is 1. The Hall–Kier alpha value is -3.61. The molecule has 7 nitrogen and oxygen atoms in total. The third-order valence-corrected chi connectivity index (χ3v) is 4.77. The van der Waals surface area contributed by atoms with Gasteiger partial charge in [0.15, 0.2) is 6.61 Å². The highest BCUT2D eigenvalue weighted by atomic mass is 16.5. The molecule has 0 aliphatic rings. The van der Waals surface area contributed by atoms with Crippen LogP contribution in [0.2, 0.25) is 0 Å². The van der Waals surface area contributed by atoms with Crippen LogP contribution in [0.3, 0.4) is 0 Å². The van der Waals surface area contributed by atoms with E-state index in [4.69, 9.17) is 10.5 Å². The third kappa shape index (κ3) is 3.99. The molecular weight excluding hydrogens is 370 g/mol. The molecule has 3 aromatic rings. The van der Waals surface area contributed by atoms with Gasteiger partial charge in [0, 0.05) is 19.3 Å². The van der Waals surface area contributed by atoms with Gasteiger partial charge < -0.3 is 20.4 Å². The average Bonchev–Trinajstić information content (AvgIpc) is 3.05. The van der Waals surface area contributed by atoms with Crippen LogP contribution in [0.4, 0.5) is 0 Å². The number of benzene rings is 2. The van der Waals surface area contributed by atoms with Crippen LogP contribution in [0.5, 0.6) is 5.75 Å². The van der Waals surface area contributed by atoms with Crippen LogP contribution in [0.15, 0.2) is 48.5 Å². The molecule has 1 aromatic heterocycles. The Morgan fingerprint density at radius 2 is 1.79 bits per heavy atom. The van der Waals surface area contributed by atoms with Gasteiger partial charge in [-0.3, -0.25) is 14.4 Å². The number of ketones is 1. The first-order chi connectivity index (χ1) is 14.0. The monoisotopic (exact) mass is 393 g/mol. The van der Waals surface area contributed by atoms with Crippen LogP contribution in [0, 0.1) is 0 Å². The number of ether oxygens (including phenoxy) is 1. The fourth-order valence-corrected chi connectivity index (χ4v) is 3.44. The van der Waals surface area contributed by atoms with E-state index in [-0.39, 0.29) is 18.1 Å². The fraction of sp³-hybridized carbons (Fsp3) is 0.227. The molecule has 0 aliphatic carbocycles. The van der Waals surface area contributed by atoms with Gasteiger partial charge in [-0.25, -0.2) is 0 Å². The number of carbonyl (C=O) groups excluding carboxylic acids is 3. The molecule has 0 fully saturated rings. The standard InChI is InChI=1S/C22H23N3O4/c1-3-15-20(21(27)22(23)28)19-16(25(15)12-14-8-5-4-6-9-14)10-7-11-17(19)29-13-18(26)24-2/h4-11H,3,12-13H2,1-2H3,(H2,23,28)(H,24,26). The van der Waals surface area contributed by atoms with Gasteiger partial charge in [0.25, 0.3) is 17.6 Å². The summed E-state index contributed by atoms with van der Waals surface area (Å²) in [5.74, 6) is -1.74. The molecule has 0 atom stereocenters. The van der Waals surface area contributed by atoms with Gasteiger partial charge in [-0.05, 0) is 24.1 Å². The molecule has 0 saturated carbocycles. The number of likely N-dealkylation sites (N-methyl/N-ethyl adjacent to an activating group) is 1. The third-order valence-electron chi connectivity index (χ3n) is 4.77. The molecule has 7 heteroatoms. The molecule has 150 valence electrons. The first-order valence-electron chi connectivity index (χ1n) is 9.33. The van der Waals surface area contributed by atoms with Crippen LogP contribution >= 0.6 is 0 Å².